The number of para-hydroxylation sites is 1. The number of hydrogen-bond donors (Lipinski definition) is 1. The van der Waals surface area contributed by atoms with E-state index in [0.29, 0.717) is 0 Å². The highest BCUT2D eigenvalue weighted by Gasteiger charge is 2.40. The number of carbonyl (C=O) groups is 2. The fraction of sp³-hybridized carbons (Fsp3) is 0.429. The zero-order valence-corrected chi connectivity index (χ0v) is 13.2. The second-order valence-electron chi connectivity index (χ2n) is 4.74. The van der Waals surface area contributed by atoms with Crippen molar-refractivity contribution in [1.82, 2.24) is 4.90 Å². The van der Waals surface area contributed by atoms with Gasteiger partial charge in [-0.3, -0.25) is 14.5 Å². The third-order valence-electron chi connectivity index (χ3n) is 3.42. The maximum atomic E-state index is 12.3. The van der Waals surface area contributed by atoms with Crippen LogP contribution in [0.15, 0.2) is 24.3 Å². The molecule has 2 amide bonds. The molecule has 0 saturated carbocycles. The summed E-state index contributed by atoms with van der Waals surface area (Å²) >= 11 is 2.21. The third kappa shape index (κ3) is 2.91. The Kier molecular flexibility index (Phi) is 4.44. The van der Waals surface area contributed by atoms with Crippen LogP contribution in [0.25, 0.3) is 0 Å². The minimum atomic E-state index is -0.433. The first-order valence-corrected chi connectivity index (χ1v) is 7.49. The highest BCUT2D eigenvalue weighted by Crippen LogP contribution is 2.24. The molecule has 1 heterocycles. The lowest BCUT2D eigenvalue weighted by Gasteiger charge is -2.22. The number of imide groups is 1. The van der Waals surface area contributed by atoms with Crippen molar-refractivity contribution in [1.29, 1.82) is 0 Å². The van der Waals surface area contributed by atoms with Crippen LogP contribution in [0.2, 0.25) is 0 Å². The van der Waals surface area contributed by atoms with Gasteiger partial charge in [0.1, 0.15) is 6.04 Å². The van der Waals surface area contributed by atoms with Crippen LogP contribution < -0.4 is 5.32 Å². The first kappa shape index (κ1) is 14.3. The van der Waals surface area contributed by atoms with Gasteiger partial charge in [0.2, 0.25) is 5.91 Å². The van der Waals surface area contributed by atoms with Gasteiger partial charge in [-0.15, -0.1) is 0 Å². The van der Waals surface area contributed by atoms with Crippen LogP contribution in [0.5, 0.6) is 0 Å². The summed E-state index contributed by atoms with van der Waals surface area (Å²) in [5.41, 5.74) is 0.903. The van der Waals surface area contributed by atoms with Crippen LogP contribution in [0.1, 0.15) is 26.7 Å². The predicted molar refractivity (Wildman–Crippen MR) is 82.8 cm³/mol. The Bertz CT molecular complexity index is 504. The molecular formula is C14H17IN2O2. The monoisotopic (exact) mass is 372 g/mol. The van der Waals surface area contributed by atoms with Gasteiger partial charge in [0.25, 0.3) is 5.91 Å². The molecule has 0 radical (unpaired) electrons. The molecule has 1 aliphatic heterocycles. The average molecular weight is 372 g/mol. The lowest BCUT2D eigenvalue weighted by molar-refractivity contribution is -0.140. The van der Waals surface area contributed by atoms with Gasteiger partial charge in [0.05, 0.1) is 6.42 Å². The van der Waals surface area contributed by atoms with Crippen molar-refractivity contribution >= 4 is 40.1 Å². The molecule has 2 atom stereocenters. The summed E-state index contributed by atoms with van der Waals surface area (Å²) in [6.07, 6.45) is 1.03. The van der Waals surface area contributed by atoms with Crippen molar-refractivity contribution in [3.05, 3.63) is 27.8 Å². The summed E-state index contributed by atoms with van der Waals surface area (Å²) in [4.78, 5) is 25.6. The van der Waals surface area contributed by atoms with Gasteiger partial charge >= 0.3 is 0 Å². The molecule has 1 aliphatic rings. The van der Waals surface area contributed by atoms with Crippen molar-refractivity contribution in [2.75, 3.05) is 5.32 Å². The Morgan fingerprint density at radius 2 is 2.11 bits per heavy atom. The first-order chi connectivity index (χ1) is 9.04. The molecule has 0 spiro atoms. The molecule has 2 rings (SSSR count). The largest absolute Gasteiger partial charge is 0.372 e. The lowest BCUT2D eigenvalue weighted by Crippen LogP contribution is -2.40. The Hall–Kier alpha value is -1.11. The minimum absolute atomic E-state index is 0.0263. The minimum Gasteiger partial charge on any atom is -0.372 e. The molecule has 19 heavy (non-hydrogen) atoms. The molecule has 102 valence electrons. The molecule has 1 fully saturated rings. The summed E-state index contributed by atoms with van der Waals surface area (Å²) in [5, 5.41) is 3.18. The number of likely N-dealkylation sites (tertiary alicyclic amines) is 1. The molecule has 1 saturated heterocycles. The van der Waals surface area contributed by atoms with E-state index < -0.39 is 6.04 Å². The molecule has 0 bridgehead atoms. The second kappa shape index (κ2) is 5.90. The molecular weight excluding hydrogens is 355 g/mol. The molecule has 1 aromatic carbocycles. The number of hydrogen-bond acceptors (Lipinski definition) is 3. The van der Waals surface area contributed by atoms with E-state index in [1.54, 1.807) is 0 Å². The fourth-order valence-corrected chi connectivity index (χ4v) is 2.72. The summed E-state index contributed by atoms with van der Waals surface area (Å²) in [6, 6.07) is 7.29. The summed E-state index contributed by atoms with van der Waals surface area (Å²) < 4.78 is 1.04. The number of rotatable bonds is 4. The van der Waals surface area contributed by atoms with Crippen LogP contribution in [0, 0.1) is 3.57 Å². The number of nitrogens with zero attached hydrogens (tertiary/aromatic N) is 1. The smallest absolute Gasteiger partial charge is 0.252 e. The van der Waals surface area contributed by atoms with Crippen molar-refractivity contribution in [2.24, 2.45) is 0 Å². The molecule has 1 aromatic rings. The lowest BCUT2D eigenvalue weighted by atomic mass is 10.2. The Morgan fingerprint density at radius 1 is 1.42 bits per heavy atom. The van der Waals surface area contributed by atoms with E-state index in [2.05, 4.69) is 27.9 Å². The van der Waals surface area contributed by atoms with E-state index in [1.165, 1.54) is 4.90 Å². The standard InChI is InChI=1S/C14H17IN2O2/c1-3-9(2)17-13(18)8-12(14(17)19)16-11-7-5-4-6-10(11)15/h4-7,9,12,16H,3,8H2,1-2H3. The Balaban J connectivity index is 2.14. The zero-order valence-electron chi connectivity index (χ0n) is 11.0. The summed E-state index contributed by atoms with van der Waals surface area (Å²) in [6.45, 7) is 3.89. The number of carbonyl (C=O) groups excluding carboxylic acids is 2. The highest BCUT2D eigenvalue weighted by atomic mass is 127. The van der Waals surface area contributed by atoms with E-state index in [-0.39, 0.29) is 24.3 Å². The van der Waals surface area contributed by atoms with E-state index in [4.69, 9.17) is 0 Å². The van der Waals surface area contributed by atoms with E-state index >= 15 is 0 Å². The Labute approximate surface area is 126 Å². The quantitative estimate of drug-likeness (QED) is 0.653. The zero-order chi connectivity index (χ0) is 14.0. The molecule has 2 unspecified atom stereocenters. The van der Waals surface area contributed by atoms with Crippen LogP contribution in [0.3, 0.4) is 0 Å². The maximum Gasteiger partial charge on any atom is 0.252 e. The van der Waals surface area contributed by atoms with Gasteiger partial charge in [0, 0.05) is 15.3 Å². The van der Waals surface area contributed by atoms with E-state index in [1.807, 2.05) is 38.1 Å². The topological polar surface area (TPSA) is 49.4 Å². The fourth-order valence-electron chi connectivity index (χ4n) is 2.18. The highest BCUT2D eigenvalue weighted by molar-refractivity contribution is 14.1. The van der Waals surface area contributed by atoms with Gasteiger partial charge in [-0.25, -0.2) is 0 Å². The van der Waals surface area contributed by atoms with Gasteiger partial charge in [0.15, 0.2) is 0 Å². The average Bonchev–Trinajstić information content (AvgIpc) is 2.66. The maximum absolute atomic E-state index is 12.3. The predicted octanol–water partition coefficient (Wildman–Crippen LogP) is 2.63. The molecule has 5 heteroatoms. The van der Waals surface area contributed by atoms with Crippen LogP contribution >= 0.6 is 22.6 Å². The summed E-state index contributed by atoms with van der Waals surface area (Å²) in [7, 11) is 0. The molecule has 0 aliphatic carbocycles. The van der Waals surface area contributed by atoms with Crippen LogP contribution in [0.4, 0.5) is 5.69 Å². The normalized spacial score (nSPS) is 20.8. The Morgan fingerprint density at radius 3 is 2.74 bits per heavy atom. The third-order valence-corrected chi connectivity index (χ3v) is 4.36. The molecule has 1 N–H and O–H groups in total. The van der Waals surface area contributed by atoms with E-state index in [9.17, 15) is 9.59 Å². The van der Waals surface area contributed by atoms with Gasteiger partial charge in [-0.05, 0) is 48.1 Å². The van der Waals surface area contributed by atoms with Gasteiger partial charge < -0.3 is 5.32 Å². The van der Waals surface area contributed by atoms with Gasteiger partial charge in [-0.1, -0.05) is 19.1 Å². The second-order valence-corrected chi connectivity index (χ2v) is 5.90. The van der Waals surface area contributed by atoms with Crippen molar-refractivity contribution in [2.45, 2.75) is 38.8 Å². The number of benzene rings is 1. The van der Waals surface area contributed by atoms with Gasteiger partial charge in [-0.2, -0.15) is 0 Å². The van der Waals surface area contributed by atoms with Crippen molar-refractivity contribution in [3.63, 3.8) is 0 Å². The number of nitrogens with one attached hydrogen (secondary N) is 1. The van der Waals surface area contributed by atoms with E-state index in [0.717, 1.165) is 15.7 Å². The van der Waals surface area contributed by atoms with Crippen LogP contribution in [-0.2, 0) is 9.59 Å². The van der Waals surface area contributed by atoms with Crippen LogP contribution in [-0.4, -0.2) is 28.8 Å². The van der Waals surface area contributed by atoms with Crippen molar-refractivity contribution < 1.29 is 9.59 Å². The molecule has 0 aromatic heterocycles. The first-order valence-electron chi connectivity index (χ1n) is 6.41. The number of anilines is 1. The number of amides is 2. The molecule has 4 nitrogen and oxygen atoms in total. The SMILES string of the molecule is CCC(C)N1C(=O)CC(Nc2ccccc2I)C1=O. The van der Waals surface area contributed by atoms with Crippen molar-refractivity contribution in [3.8, 4) is 0 Å². The number of halogens is 1. The summed E-state index contributed by atoms with van der Waals surface area (Å²) in [5.74, 6) is -0.193.